The van der Waals surface area contributed by atoms with Gasteiger partial charge in [0.2, 0.25) is 5.91 Å². The topological polar surface area (TPSA) is 54.0 Å². The van der Waals surface area contributed by atoms with Crippen LogP contribution in [0.5, 0.6) is 5.75 Å². The highest BCUT2D eigenvalue weighted by molar-refractivity contribution is 5.95. The van der Waals surface area contributed by atoms with Crippen LogP contribution in [0.15, 0.2) is 48.5 Å². The Labute approximate surface area is 179 Å². The Kier molecular flexibility index (Phi) is 7.75. The van der Waals surface area contributed by atoms with E-state index < -0.39 is 17.6 Å². The van der Waals surface area contributed by atoms with Gasteiger partial charge in [0.1, 0.15) is 12.4 Å². The molecule has 0 unspecified atom stereocenters. The number of rotatable bonds is 8. The van der Waals surface area contributed by atoms with Crippen LogP contribution in [-0.4, -0.2) is 63.9 Å². The Bertz CT molecular complexity index is 856. The van der Waals surface area contributed by atoms with E-state index in [1.54, 1.807) is 11.9 Å². The Hall–Kier alpha value is -2.78. The first-order chi connectivity index (χ1) is 14.8. The number of nitrogens with zero attached hydrogens (tertiary/aromatic N) is 2. The quantitative estimate of drug-likeness (QED) is 0.685. The number of alkyl halides is 3. The second-order valence-corrected chi connectivity index (χ2v) is 7.28. The minimum atomic E-state index is -4.49. The van der Waals surface area contributed by atoms with E-state index in [1.807, 2.05) is 35.2 Å². The van der Waals surface area contributed by atoms with Crippen LogP contribution in [-0.2, 0) is 15.7 Å². The SMILES string of the molecule is CN(CCOc1ccccc1)CC(=O)Nc1cc(C(F)(F)F)ccc1N1CCOCC1. The number of halogens is 3. The highest BCUT2D eigenvalue weighted by Gasteiger charge is 2.32. The zero-order valence-corrected chi connectivity index (χ0v) is 17.3. The van der Waals surface area contributed by atoms with Crippen molar-refractivity contribution in [1.29, 1.82) is 0 Å². The van der Waals surface area contributed by atoms with Crippen LogP contribution in [0.2, 0.25) is 0 Å². The fourth-order valence-corrected chi connectivity index (χ4v) is 3.24. The fraction of sp³-hybridized carbons (Fsp3) is 0.409. The number of benzene rings is 2. The summed E-state index contributed by atoms with van der Waals surface area (Å²) in [6, 6.07) is 12.7. The first-order valence-corrected chi connectivity index (χ1v) is 10.0. The highest BCUT2D eigenvalue weighted by Crippen LogP contribution is 2.35. The Balaban J connectivity index is 1.61. The molecule has 1 aliphatic rings. The van der Waals surface area contributed by atoms with E-state index in [2.05, 4.69) is 5.32 Å². The van der Waals surface area contributed by atoms with E-state index in [0.29, 0.717) is 45.1 Å². The van der Waals surface area contributed by atoms with Gasteiger partial charge in [-0.1, -0.05) is 18.2 Å². The smallest absolute Gasteiger partial charge is 0.416 e. The summed E-state index contributed by atoms with van der Waals surface area (Å²) in [5.41, 5.74) is -0.0974. The molecule has 6 nitrogen and oxygen atoms in total. The van der Waals surface area contributed by atoms with Gasteiger partial charge in [0, 0.05) is 19.6 Å². The van der Waals surface area contributed by atoms with Crippen LogP contribution >= 0.6 is 0 Å². The van der Waals surface area contributed by atoms with Gasteiger partial charge in [-0.2, -0.15) is 13.2 Å². The largest absolute Gasteiger partial charge is 0.492 e. The van der Waals surface area contributed by atoms with Crippen molar-refractivity contribution in [2.45, 2.75) is 6.18 Å². The predicted molar refractivity (Wildman–Crippen MR) is 113 cm³/mol. The maximum atomic E-state index is 13.2. The van der Waals surface area contributed by atoms with Crippen molar-refractivity contribution < 1.29 is 27.4 Å². The number of hydrogen-bond donors (Lipinski definition) is 1. The number of anilines is 2. The van der Waals surface area contributed by atoms with Crippen LogP contribution < -0.4 is 15.0 Å². The molecule has 0 aliphatic carbocycles. The number of carbonyl (C=O) groups excluding carboxylic acids is 1. The van der Waals surface area contributed by atoms with Crippen molar-refractivity contribution in [3.8, 4) is 5.75 Å². The summed E-state index contributed by atoms with van der Waals surface area (Å²) < 4.78 is 50.5. The molecule has 2 aromatic rings. The molecule has 1 aliphatic heterocycles. The van der Waals surface area contributed by atoms with Crippen LogP contribution in [0.25, 0.3) is 0 Å². The second-order valence-electron chi connectivity index (χ2n) is 7.28. The van der Waals surface area contributed by atoms with Crippen molar-refractivity contribution in [3.05, 3.63) is 54.1 Å². The number of nitrogens with one attached hydrogen (secondary N) is 1. The maximum Gasteiger partial charge on any atom is 0.416 e. The van der Waals surface area contributed by atoms with Crippen molar-refractivity contribution in [1.82, 2.24) is 4.90 Å². The number of likely N-dealkylation sites (N-methyl/N-ethyl adjacent to an activating group) is 1. The average molecular weight is 437 g/mol. The van der Waals surface area contributed by atoms with Gasteiger partial charge in [0.05, 0.1) is 36.7 Å². The lowest BCUT2D eigenvalue weighted by Gasteiger charge is -2.31. The monoisotopic (exact) mass is 437 g/mol. The first kappa shape index (κ1) is 22.9. The van der Waals surface area contributed by atoms with E-state index >= 15 is 0 Å². The third kappa shape index (κ3) is 6.86. The van der Waals surface area contributed by atoms with E-state index in [0.717, 1.165) is 17.9 Å². The summed E-state index contributed by atoms with van der Waals surface area (Å²) in [5, 5.41) is 2.66. The zero-order chi connectivity index (χ0) is 22.3. The molecule has 1 N–H and O–H groups in total. The maximum absolute atomic E-state index is 13.2. The second kappa shape index (κ2) is 10.5. The average Bonchev–Trinajstić information content (AvgIpc) is 2.74. The molecule has 168 valence electrons. The van der Waals surface area contributed by atoms with Gasteiger partial charge in [-0.3, -0.25) is 9.69 Å². The van der Waals surface area contributed by atoms with Crippen LogP contribution in [0, 0.1) is 0 Å². The molecule has 9 heteroatoms. The fourth-order valence-electron chi connectivity index (χ4n) is 3.24. The van der Waals surface area contributed by atoms with Gasteiger partial charge in [0.15, 0.2) is 0 Å². The van der Waals surface area contributed by atoms with Gasteiger partial charge < -0.3 is 19.7 Å². The molecule has 0 bridgehead atoms. The number of ether oxygens (including phenoxy) is 2. The molecule has 0 aromatic heterocycles. The van der Waals surface area contributed by atoms with Crippen molar-refractivity contribution in [2.75, 3.05) is 63.3 Å². The van der Waals surface area contributed by atoms with E-state index in [1.165, 1.54) is 6.07 Å². The summed E-state index contributed by atoms with van der Waals surface area (Å²) in [4.78, 5) is 16.2. The predicted octanol–water partition coefficient (Wildman–Crippen LogP) is 3.49. The number of carbonyl (C=O) groups is 1. The van der Waals surface area contributed by atoms with Gasteiger partial charge in [-0.25, -0.2) is 0 Å². The van der Waals surface area contributed by atoms with Gasteiger partial charge in [-0.15, -0.1) is 0 Å². The summed E-state index contributed by atoms with van der Waals surface area (Å²) >= 11 is 0. The van der Waals surface area contributed by atoms with Crippen LogP contribution in [0.4, 0.5) is 24.5 Å². The van der Waals surface area contributed by atoms with Crippen LogP contribution in [0.1, 0.15) is 5.56 Å². The molecule has 1 heterocycles. The van der Waals surface area contributed by atoms with Crippen molar-refractivity contribution in [2.24, 2.45) is 0 Å². The third-order valence-corrected chi connectivity index (χ3v) is 4.85. The van der Waals surface area contributed by atoms with Gasteiger partial charge in [-0.05, 0) is 37.4 Å². The molecule has 0 radical (unpaired) electrons. The standard InChI is InChI=1S/C22H26F3N3O3/c1-27(9-14-31-18-5-3-2-4-6-18)16-21(29)26-19-15-17(22(23,24)25)7-8-20(19)28-10-12-30-13-11-28/h2-8,15H,9-14,16H2,1H3,(H,26,29). The molecule has 3 rings (SSSR count). The Morgan fingerprint density at radius 1 is 1.16 bits per heavy atom. The summed E-state index contributed by atoms with van der Waals surface area (Å²) in [6.07, 6.45) is -4.49. The molecule has 1 amide bonds. The molecule has 0 spiro atoms. The lowest BCUT2D eigenvalue weighted by Crippen LogP contribution is -2.37. The number of amides is 1. The van der Waals surface area contributed by atoms with E-state index in [4.69, 9.17) is 9.47 Å². The minimum absolute atomic E-state index is 0.0247. The summed E-state index contributed by atoms with van der Waals surface area (Å²) in [7, 11) is 1.75. The molecule has 1 fully saturated rings. The minimum Gasteiger partial charge on any atom is -0.492 e. The van der Waals surface area contributed by atoms with Crippen molar-refractivity contribution >= 4 is 17.3 Å². The number of hydrogen-bond acceptors (Lipinski definition) is 5. The summed E-state index contributed by atoms with van der Waals surface area (Å²) in [6.45, 7) is 2.96. The van der Waals surface area contributed by atoms with Crippen molar-refractivity contribution in [3.63, 3.8) is 0 Å². The molecule has 1 saturated heterocycles. The van der Waals surface area contributed by atoms with Crippen LogP contribution in [0.3, 0.4) is 0 Å². The van der Waals surface area contributed by atoms with E-state index in [9.17, 15) is 18.0 Å². The first-order valence-electron chi connectivity index (χ1n) is 10.0. The molecule has 31 heavy (non-hydrogen) atoms. The molecule has 0 atom stereocenters. The zero-order valence-electron chi connectivity index (χ0n) is 17.3. The number of para-hydroxylation sites is 1. The third-order valence-electron chi connectivity index (χ3n) is 4.85. The molecule has 0 saturated carbocycles. The Morgan fingerprint density at radius 2 is 1.87 bits per heavy atom. The number of morpholine rings is 1. The normalized spacial score (nSPS) is 14.5. The highest BCUT2D eigenvalue weighted by atomic mass is 19.4. The molecular formula is C22H26F3N3O3. The Morgan fingerprint density at radius 3 is 2.55 bits per heavy atom. The lowest BCUT2D eigenvalue weighted by molar-refractivity contribution is -0.137. The van der Waals surface area contributed by atoms with Gasteiger partial charge in [0.25, 0.3) is 0 Å². The molecular weight excluding hydrogens is 411 g/mol. The molecule has 2 aromatic carbocycles. The lowest BCUT2D eigenvalue weighted by atomic mass is 10.1. The van der Waals surface area contributed by atoms with Gasteiger partial charge >= 0.3 is 6.18 Å². The summed E-state index contributed by atoms with van der Waals surface area (Å²) in [5.74, 6) is 0.343. The van der Waals surface area contributed by atoms with E-state index in [-0.39, 0.29) is 12.2 Å².